The highest BCUT2D eigenvalue weighted by molar-refractivity contribution is 5.26. The van der Waals surface area contributed by atoms with Crippen molar-refractivity contribution in [3.8, 4) is 0 Å². The van der Waals surface area contributed by atoms with Crippen LogP contribution in [-0.2, 0) is 0 Å². The van der Waals surface area contributed by atoms with Crippen LogP contribution < -0.4 is 5.32 Å². The van der Waals surface area contributed by atoms with Gasteiger partial charge < -0.3 is 5.32 Å². The van der Waals surface area contributed by atoms with Crippen LogP contribution in [0.4, 0.5) is 8.78 Å². The van der Waals surface area contributed by atoms with Gasteiger partial charge in [0.15, 0.2) is 11.6 Å². The highest BCUT2D eigenvalue weighted by Crippen LogP contribution is 2.37. The van der Waals surface area contributed by atoms with E-state index in [2.05, 4.69) is 24.1 Å². The second-order valence-electron chi connectivity index (χ2n) is 6.04. The van der Waals surface area contributed by atoms with Gasteiger partial charge in [0, 0.05) is 11.1 Å². The fourth-order valence-corrected chi connectivity index (χ4v) is 3.45. The molecule has 2 nitrogen and oxygen atoms in total. The lowest BCUT2D eigenvalue weighted by Gasteiger charge is -2.45. The summed E-state index contributed by atoms with van der Waals surface area (Å²) in [6.45, 7) is 9.08. The van der Waals surface area contributed by atoms with Crippen LogP contribution in [0.1, 0.15) is 51.6 Å². The van der Waals surface area contributed by atoms with E-state index >= 15 is 0 Å². The van der Waals surface area contributed by atoms with Crippen LogP contribution in [-0.4, -0.2) is 30.1 Å². The Labute approximate surface area is 126 Å². The minimum atomic E-state index is -0.768. The predicted octanol–water partition coefficient (Wildman–Crippen LogP) is 3.88. The predicted molar refractivity (Wildman–Crippen MR) is 82.3 cm³/mol. The van der Waals surface area contributed by atoms with E-state index in [9.17, 15) is 8.78 Å². The van der Waals surface area contributed by atoms with Gasteiger partial charge in [-0.3, -0.25) is 4.90 Å². The van der Waals surface area contributed by atoms with Crippen molar-refractivity contribution in [1.82, 2.24) is 10.2 Å². The number of likely N-dealkylation sites (tertiary alicyclic amines) is 1. The highest BCUT2D eigenvalue weighted by atomic mass is 19.2. The fourth-order valence-electron chi connectivity index (χ4n) is 3.45. The molecule has 1 heterocycles. The summed E-state index contributed by atoms with van der Waals surface area (Å²) >= 11 is 0. The van der Waals surface area contributed by atoms with Crippen molar-refractivity contribution in [3.63, 3.8) is 0 Å². The van der Waals surface area contributed by atoms with Crippen molar-refractivity contribution >= 4 is 0 Å². The summed E-state index contributed by atoms with van der Waals surface area (Å²) in [5.74, 6) is -1.49. The third-order valence-electron chi connectivity index (χ3n) is 4.87. The molecule has 1 aromatic rings. The van der Waals surface area contributed by atoms with Crippen LogP contribution in [0.15, 0.2) is 18.2 Å². The molecule has 4 heteroatoms. The molecule has 1 aliphatic rings. The van der Waals surface area contributed by atoms with Crippen LogP contribution in [0.25, 0.3) is 0 Å². The molecule has 0 saturated carbocycles. The quantitative estimate of drug-likeness (QED) is 0.857. The number of nitrogens with one attached hydrogen (secondary N) is 1. The standard InChI is InChI=1S/C17H26F2N2/c1-4-17(3,21-11-6-7-12-21)16(20-5-2)13-9-8-10-14(18)15(13)19/h8-10,16,20H,4-7,11-12H2,1-3H3. The Morgan fingerprint density at radius 2 is 1.90 bits per heavy atom. The van der Waals surface area contributed by atoms with Crippen LogP contribution in [0.3, 0.4) is 0 Å². The molecule has 2 rings (SSSR count). The van der Waals surface area contributed by atoms with Crippen molar-refractivity contribution in [2.24, 2.45) is 0 Å². The topological polar surface area (TPSA) is 15.3 Å². The van der Waals surface area contributed by atoms with E-state index in [-0.39, 0.29) is 11.6 Å². The average Bonchev–Trinajstić information content (AvgIpc) is 3.02. The van der Waals surface area contributed by atoms with Gasteiger partial charge >= 0.3 is 0 Å². The second kappa shape index (κ2) is 6.84. The third-order valence-corrected chi connectivity index (χ3v) is 4.87. The lowest BCUT2D eigenvalue weighted by atomic mass is 9.82. The number of benzene rings is 1. The molecule has 1 aliphatic heterocycles. The van der Waals surface area contributed by atoms with Crippen molar-refractivity contribution in [2.75, 3.05) is 19.6 Å². The minimum absolute atomic E-state index is 0.207. The Morgan fingerprint density at radius 3 is 2.48 bits per heavy atom. The SMILES string of the molecule is CCNC(c1cccc(F)c1F)C(C)(CC)N1CCCC1. The molecule has 21 heavy (non-hydrogen) atoms. The zero-order valence-electron chi connectivity index (χ0n) is 13.3. The van der Waals surface area contributed by atoms with Crippen LogP contribution in [0.5, 0.6) is 0 Å². The largest absolute Gasteiger partial charge is 0.309 e. The zero-order valence-corrected chi connectivity index (χ0v) is 13.3. The normalized spacial score (nSPS) is 20.4. The van der Waals surface area contributed by atoms with Crippen molar-refractivity contribution in [2.45, 2.75) is 51.6 Å². The Morgan fingerprint density at radius 1 is 1.24 bits per heavy atom. The molecule has 1 aromatic carbocycles. The highest BCUT2D eigenvalue weighted by Gasteiger charge is 2.41. The van der Waals surface area contributed by atoms with E-state index in [4.69, 9.17) is 0 Å². The molecule has 2 unspecified atom stereocenters. The molecule has 1 N–H and O–H groups in total. The number of likely N-dealkylation sites (N-methyl/N-ethyl adjacent to an activating group) is 1. The number of rotatable bonds is 6. The molecular weight excluding hydrogens is 270 g/mol. The van der Waals surface area contributed by atoms with E-state index in [1.54, 1.807) is 12.1 Å². The Kier molecular flexibility index (Phi) is 5.33. The molecular formula is C17H26F2N2. The number of hydrogen-bond donors (Lipinski definition) is 1. The monoisotopic (exact) mass is 296 g/mol. The van der Waals surface area contributed by atoms with E-state index in [1.807, 2.05) is 6.92 Å². The maximum absolute atomic E-state index is 14.3. The van der Waals surface area contributed by atoms with Gasteiger partial charge in [0.1, 0.15) is 0 Å². The van der Waals surface area contributed by atoms with Gasteiger partial charge in [0.05, 0.1) is 6.04 Å². The van der Waals surface area contributed by atoms with Crippen molar-refractivity contribution in [3.05, 3.63) is 35.4 Å². The maximum Gasteiger partial charge on any atom is 0.163 e. The second-order valence-corrected chi connectivity index (χ2v) is 6.04. The van der Waals surface area contributed by atoms with E-state index in [1.165, 1.54) is 18.9 Å². The smallest absolute Gasteiger partial charge is 0.163 e. The Hall–Kier alpha value is -1.00. The van der Waals surface area contributed by atoms with E-state index < -0.39 is 11.6 Å². The van der Waals surface area contributed by atoms with Crippen LogP contribution in [0.2, 0.25) is 0 Å². The molecule has 0 spiro atoms. The number of halogens is 2. The van der Waals surface area contributed by atoms with Crippen molar-refractivity contribution < 1.29 is 8.78 Å². The van der Waals surface area contributed by atoms with Crippen LogP contribution >= 0.6 is 0 Å². The van der Waals surface area contributed by atoms with Gasteiger partial charge in [-0.25, -0.2) is 8.78 Å². The lowest BCUT2D eigenvalue weighted by molar-refractivity contribution is 0.0828. The summed E-state index contributed by atoms with van der Waals surface area (Å²) in [6, 6.07) is 4.27. The first-order valence-corrected chi connectivity index (χ1v) is 7.97. The first-order valence-electron chi connectivity index (χ1n) is 7.97. The van der Waals surface area contributed by atoms with Gasteiger partial charge in [-0.15, -0.1) is 0 Å². The first kappa shape index (κ1) is 16.4. The molecule has 2 atom stereocenters. The lowest BCUT2D eigenvalue weighted by Crippen LogP contribution is -2.53. The molecule has 0 amide bonds. The molecule has 1 fully saturated rings. The third kappa shape index (κ3) is 3.11. The first-order chi connectivity index (χ1) is 10.0. The summed E-state index contributed by atoms with van der Waals surface area (Å²) in [6.07, 6.45) is 3.25. The van der Waals surface area contributed by atoms with Gasteiger partial charge in [-0.05, 0) is 51.9 Å². The molecule has 0 aliphatic carbocycles. The fraction of sp³-hybridized carbons (Fsp3) is 0.647. The summed E-state index contributed by atoms with van der Waals surface area (Å²) in [5.41, 5.74) is 0.231. The summed E-state index contributed by atoms with van der Waals surface area (Å²) < 4.78 is 27.9. The van der Waals surface area contributed by atoms with E-state index in [0.717, 1.165) is 26.1 Å². The minimum Gasteiger partial charge on any atom is -0.309 e. The summed E-state index contributed by atoms with van der Waals surface area (Å²) in [4.78, 5) is 2.42. The maximum atomic E-state index is 14.3. The van der Waals surface area contributed by atoms with Gasteiger partial charge in [0.2, 0.25) is 0 Å². The Balaban J connectivity index is 2.42. The molecule has 0 bridgehead atoms. The Bertz CT molecular complexity index is 472. The zero-order chi connectivity index (χ0) is 15.5. The molecule has 0 radical (unpaired) electrons. The van der Waals surface area contributed by atoms with Gasteiger partial charge in [0.25, 0.3) is 0 Å². The number of hydrogen-bond acceptors (Lipinski definition) is 2. The van der Waals surface area contributed by atoms with E-state index in [0.29, 0.717) is 5.56 Å². The average molecular weight is 296 g/mol. The number of nitrogens with zero attached hydrogens (tertiary/aromatic N) is 1. The van der Waals surface area contributed by atoms with Gasteiger partial charge in [-0.2, -0.15) is 0 Å². The van der Waals surface area contributed by atoms with Crippen molar-refractivity contribution in [1.29, 1.82) is 0 Å². The van der Waals surface area contributed by atoms with Gasteiger partial charge in [-0.1, -0.05) is 26.0 Å². The molecule has 1 saturated heterocycles. The molecule has 118 valence electrons. The molecule has 0 aromatic heterocycles. The summed E-state index contributed by atoms with van der Waals surface area (Å²) in [5, 5.41) is 3.39. The summed E-state index contributed by atoms with van der Waals surface area (Å²) in [7, 11) is 0. The van der Waals surface area contributed by atoms with Crippen LogP contribution in [0, 0.1) is 11.6 Å².